The van der Waals surface area contributed by atoms with Crippen LogP contribution in [0.1, 0.15) is 23.3 Å². The third-order valence-corrected chi connectivity index (χ3v) is 4.70. The van der Waals surface area contributed by atoms with Crippen LogP contribution in [0.25, 0.3) is 0 Å². The first kappa shape index (κ1) is 16.3. The molecule has 1 aromatic rings. The zero-order chi connectivity index (χ0) is 16.1. The van der Waals surface area contributed by atoms with Crippen molar-refractivity contribution in [3.05, 3.63) is 24.3 Å². The molecular weight excluding hydrogens is 296 g/mol. The highest BCUT2D eigenvalue weighted by Gasteiger charge is 2.41. The standard InChI is InChI=1S/C16H24N4O3/c1-22-10-8-19-6-2-16(3-7-19)13-20(9-11-23-16)15(21)14-12-17-4-5-18-14/h4-5,12H,2-3,6-11,13H2,1H3. The highest BCUT2D eigenvalue weighted by molar-refractivity contribution is 5.92. The Balaban J connectivity index is 1.59. The number of ether oxygens (including phenoxy) is 2. The summed E-state index contributed by atoms with van der Waals surface area (Å²) in [6, 6.07) is 0. The van der Waals surface area contributed by atoms with Gasteiger partial charge in [-0.3, -0.25) is 9.78 Å². The summed E-state index contributed by atoms with van der Waals surface area (Å²) in [5.74, 6) is -0.0532. The van der Waals surface area contributed by atoms with Crippen molar-refractivity contribution in [1.82, 2.24) is 19.8 Å². The Morgan fingerprint density at radius 3 is 2.87 bits per heavy atom. The van der Waals surface area contributed by atoms with Crippen molar-refractivity contribution < 1.29 is 14.3 Å². The third kappa shape index (κ3) is 3.85. The monoisotopic (exact) mass is 320 g/mol. The summed E-state index contributed by atoms with van der Waals surface area (Å²) < 4.78 is 11.2. The van der Waals surface area contributed by atoms with Crippen LogP contribution in [-0.2, 0) is 9.47 Å². The Bertz CT molecular complexity index is 517. The van der Waals surface area contributed by atoms with Gasteiger partial charge in [-0.15, -0.1) is 0 Å². The SMILES string of the molecule is COCCN1CCC2(CC1)CN(C(=O)c1cnccn1)CCO2. The van der Waals surface area contributed by atoms with Crippen molar-refractivity contribution in [3.8, 4) is 0 Å². The molecule has 7 nitrogen and oxygen atoms in total. The lowest BCUT2D eigenvalue weighted by Gasteiger charge is -2.47. The zero-order valence-corrected chi connectivity index (χ0v) is 13.6. The number of piperidine rings is 1. The first-order valence-corrected chi connectivity index (χ1v) is 8.13. The van der Waals surface area contributed by atoms with E-state index in [1.54, 1.807) is 19.5 Å². The first-order chi connectivity index (χ1) is 11.2. The van der Waals surface area contributed by atoms with Gasteiger partial charge in [0.25, 0.3) is 5.91 Å². The largest absolute Gasteiger partial charge is 0.383 e. The molecule has 2 aliphatic rings. The zero-order valence-electron chi connectivity index (χ0n) is 13.6. The number of carbonyl (C=O) groups is 1. The molecule has 0 aliphatic carbocycles. The van der Waals surface area contributed by atoms with E-state index in [4.69, 9.17) is 9.47 Å². The maximum Gasteiger partial charge on any atom is 0.274 e. The summed E-state index contributed by atoms with van der Waals surface area (Å²) in [5, 5.41) is 0. The van der Waals surface area contributed by atoms with E-state index in [1.165, 1.54) is 6.20 Å². The number of aromatic nitrogens is 2. The number of carbonyl (C=O) groups excluding carboxylic acids is 1. The maximum atomic E-state index is 12.6. The molecule has 0 unspecified atom stereocenters. The fraction of sp³-hybridized carbons (Fsp3) is 0.688. The predicted molar refractivity (Wildman–Crippen MR) is 84.2 cm³/mol. The van der Waals surface area contributed by atoms with Gasteiger partial charge in [-0.25, -0.2) is 4.98 Å². The molecule has 126 valence electrons. The molecule has 7 heteroatoms. The molecule has 1 amide bonds. The summed E-state index contributed by atoms with van der Waals surface area (Å²) in [7, 11) is 1.73. The molecule has 0 aromatic carbocycles. The van der Waals surface area contributed by atoms with Gasteiger partial charge in [0.15, 0.2) is 0 Å². The molecule has 1 aromatic heterocycles. The van der Waals surface area contributed by atoms with Gasteiger partial charge in [0.1, 0.15) is 5.69 Å². The molecule has 1 spiro atoms. The number of nitrogens with zero attached hydrogens (tertiary/aromatic N) is 4. The summed E-state index contributed by atoms with van der Waals surface area (Å²) in [4.78, 5) is 24.9. The lowest BCUT2D eigenvalue weighted by molar-refractivity contribution is -0.128. The quantitative estimate of drug-likeness (QED) is 0.801. The molecule has 3 rings (SSSR count). The van der Waals surface area contributed by atoms with Gasteiger partial charge in [0, 0.05) is 45.7 Å². The minimum absolute atomic E-state index is 0.0532. The molecule has 0 saturated carbocycles. The molecule has 2 fully saturated rings. The van der Waals surface area contributed by atoms with Crippen LogP contribution < -0.4 is 0 Å². The Morgan fingerprint density at radius 2 is 2.17 bits per heavy atom. The van der Waals surface area contributed by atoms with Gasteiger partial charge < -0.3 is 19.3 Å². The van der Waals surface area contributed by atoms with Gasteiger partial charge in [-0.05, 0) is 12.8 Å². The van der Waals surface area contributed by atoms with Crippen molar-refractivity contribution in [3.63, 3.8) is 0 Å². The van der Waals surface area contributed by atoms with Crippen LogP contribution in [0, 0.1) is 0 Å². The van der Waals surface area contributed by atoms with Gasteiger partial charge in [-0.2, -0.15) is 0 Å². The molecule has 0 radical (unpaired) electrons. The van der Waals surface area contributed by atoms with E-state index in [2.05, 4.69) is 14.9 Å². The number of methoxy groups -OCH3 is 1. The maximum absolute atomic E-state index is 12.6. The summed E-state index contributed by atoms with van der Waals surface area (Å²) in [6.07, 6.45) is 6.55. The van der Waals surface area contributed by atoms with E-state index in [0.717, 1.165) is 39.1 Å². The number of morpholine rings is 1. The predicted octanol–water partition coefficient (Wildman–Crippen LogP) is 0.430. The first-order valence-electron chi connectivity index (χ1n) is 8.13. The van der Waals surface area contributed by atoms with Crippen molar-refractivity contribution in [2.75, 3.05) is 53.0 Å². The highest BCUT2D eigenvalue weighted by Crippen LogP contribution is 2.30. The van der Waals surface area contributed by atoms with Crippen molar-refractivity contribution >= 4 is 5.91 Å². The molecule has 0 atom stereocenters. The molecular formula is C16H24N4O3. The van der Waals surface area contributed by atoms with Gasteiger partial charge in [0.2, 0.25) is 0 Å². The van der Waals surface area contributed by atoms with Gasteiger partial charge in [-0.1, -0.05) is 0 Å². The van der Waals surface area contributed by atoms with Crippen molar-refractivity contribution in [2.24, 2.45) is 0 Å². The summed E-state index contributed by atoms with van der Waals surface area (Å²) in [5.41, 5.74) is 0.196. The molecule has 3 heterocycles. The minimum atomic E-state index is -0.209. The number of hydrogen-bond acceptors (Lipinski definition) is 6. The number of rotatable bonds is 4. The Kier molecular flexibility index (Phi) is 5.20. The topological polar surface area (TPSA) is 67.8 Å². The summed E-state index contributed by atoms with van der Waals surface area (Å²) in [6.45, 7) is 5.52. The summed E-state index contributed by atoms with van der Waals surface area (Å²) >= 11 is 0. The second-order valence-electron chi connectivity index (χ2n) is 6.18. The van der Waals surface area contributed by atoms with Crippen molar-refractivity contribution in [2.45, 2.75) is 18.4 Å². The lowest BCUT2D eigenvalue weighted by Crippen LogP contribution is -2.58. The van der Waals surface area contributed by atoms with Crippen molar-refractivity contribution in [1.29, 1.82) is 0 Å². The van der Waals surface area contributed by atoms with E-state index < -0.39 is 0 Å². The second kappa shape index (κ2) is 7.33. The molecule has 0 N–H and O–H groups in total. The van der Waals surface area contributed by atoms with E-state index >= 15 is 0 Å². The molecule has 23 heavy (non-hydrogen) atoms. The highest BCUT2D eigenvalue weighted by atomic mass is 16.5. The van der Waals surface area contributed by atoms with Crippen LogP contribution >= 0.6 is 0 Å². The average Bonchev–Trinajstić information content (AvgIpc) is 2.62. The average molecular weight is 320 g/mol. The van der Waals surface area contributed by atoms with E-state index in [9.17, 15) is 4.79 Å². The van der Waals surface area contributed by atoms with Crippen LogP contribution in [0.5, 0.6) is 0 Å². The normalized spacial score (nSPS) is 21.5. The third-order valence-electron chi connectivity index (χ3n) is 4.70. The van der Waals surface area contributed by atoms with Crippen LogP contribution in [0.3, 0.4) is 0 Å². The molecule has 2 saturated heterocycles. The minimum Gasteiger partial charge on any atom is -0.383 e. The van der Waals surface area contributed by atoms with E-state index in [-0.39, 0.29) is 11.5 Å². The smallest absolute Gasteiger partial charge is 0.274 e. The van der Waals surface area contributed by atoms with E-state index in [0.29, 0.717) is 25.4 Å². The Morgan fingerprint density at radius 1 is 1.35 bits per heavy atom. The Labute approximate surface area is 136 Å². The number of amides is 1. The molecule has 0 bridgehead atoms. The van der Waals surface area contributed by atoms with Gasteiger partial charge in [0.05, 0.1) is 31.6 Å². The van der Waals surface area contributed by atoms with Crippen LogP contribution in [0.4, 0.5) is 0 Å². The number of hydrogen-bond donors (Lipinski definition) is 0. The molecule has 2 aliphatic heterocycles. The van der Waals surface area contributed by atoms with Crippen LogP contribution in [-0.4, -0.2) is 84.3 Å². The second-order valence-corrected chi connectivity index (χ2v) is 6.18. The fourth-order valence-corrected chi connectivity index (χ4v) is 3.30. The van der Waals surface area contributed by atoms with Gasteiger partial charge >= 0.3 is 0 Å². The van der Waals surface area contributed by atoms with Crippen LogP contribution in [0.2, 0.25) is 0 Å². The fourth-order valence-electron chi connectivity index (χ4n) is 3.30. The van der Waals surface area contributed by atoms with E-state index in [1.807, 2.05) is 4.90 Å². The number of likely N-dealkylation sites (tertiary alicyclic amines) is 1. The Hall–Kier alpha value is -1.57. The lowest BCUT2D eigenvalue weighted by atomic mass is 9.89. The van der Waals surface area contributed by atoms with Crippen LogP contribution in [0.15, 0.2) is 18.6 Å².